The number of carboxylic acid groups (broad SMARTS) is 1. The number of nitrogens with zero attached hydrogens (tertiary/aromatic N) is 4. The Morgan fingerprint density at radius 2 is 2.00 bits per heavy atom. The molecule has 0 amide bonds. The average Bonchev–Trinajstić information content (AvgIpc) is 2.81. The summed E-state index contributed by atoms with van der Waals surface area (Å²) in [4.78, 5) is 13.1. The molecule has 20 heavy (non-hydrogen) atoms. The van der Waals surface area contributed by atoms with E-state index in [1.807, 2.05) is 0 Å². The van der Waals surface area contributed by atoms with Gasteiger partial charge < -0.3 is 10.4 Å². The molecule has 0 spiro atoms. The third-order valence-corrected chi connectivity index (χ3v) is 3.15. The zero-order valence-electron chi connectivity index (χ0n) is 12.7. The van der Waals surface area contributed by atoms with Gasteiger partial charge in [0.05, 0.1) is 12.7 Å². The zero-order chi connectivity index (χ0) is 15.1. The van der Waals surface area contributed by atoms with Gasteiger partial charge in [0, 0.05) is 31.7 Å². The molecular weight excluding hydrogens is 258 g/mol. The number of rotatable bonds is 9. The van der Waals surface area contributed by atoms with Gasteiger partial charge in [0.1, 0.15) is 0 Å². The minimum Gasteiger partial charge on any atom is -0.476 e. The van der Waals surface area contributed by atoms with Crippen molar-refractivity contribution in [2.24, 2.45) is 0 Å². The van der Waals surface area contributed by atoms with Crippen LogP contribution in [0, 0.1) is 0 Å². The summed E-state index contributed by atoms with van der Waals surface area (Å²) in [5, 5.41) is 19.4. The second kappa shape index (κ2) is 7.96. The van der Waals surface area contributed by atoms with Crippen molar-refractivity contribution in [2.75, 3.05) is 19.6 Å². The largest absolute Gasteiger partial charge is 0.476 e. The number of carboxylic acids is 1. The molecule has 0 fully saturated rings. The Balaban J connectivity index is 2.22. The van der Waals surface area contributed by atoms with E-state index in [-0.39, 0.29) is 5.69 Å². The maximum atomic E-state index is 10.7. The molecule has 0 radical (unpaired) electrons. The van der Waals surface area contributed by atoms with Gasteiger partial charge in [0.15, 0.2) is 5.69 Å². The van der Waals surface area contributed by atoms with E-state index < -0.39 is 5.97 Å². The maximum absolute atomic E-state index is 10.7. The number of aromatic carboxylic acids is 1. The molecule has 0 unspecified atom stereocenters. The van der Waals surface area contributed by atoms with Crippen molar-refractivity contribution in [2.45, 2.75) is 46.3 Å². The molecule has 1 aromatic heterocycles. The van der Waals surface area contributed by atoms with Crippen LogP contribution in [0.25, 0.3) is 0 Å². The molecule has 0 aliphatic heterocycles. The number of hydrogen-bond acceptors (Lipinski definition) is 5. The molecule has 114 valence electrons. The molecule has 7 nitrogen and oxygen atoms in total. The summed E-state index contributed by atoms with van der Waals surface area (Å²) in [6.45, 7) is 12.0. The number of nitrogens with one attached hydrogen (secondary N) is 1. The SMILES string of the molecule is CC(C)N(CCNCCn1cc(C(=O)O)nn1)C(C)C. The van der Waals surface area contributed by atoms with E-state index in [9.17, 15) is 4.79 Å². The molecule has 7 heteroatoms. The average molecular weight is 283 g/mol. The van der Waals surface area contributed by atoms with Crippen LogP contribution in [0.15, 0.2) is 6.20 Å². The Hall–Kier alpha value is -1.47. The normalized spacial score (nSPS) is 11.8. The third kappa shape index (κ3) is 5.26. The van der Waals surface area contributed by atoms with Crippen molar-refractivity contribution in [3.05, 3.63) is 11.9 Å². The topological polar surface area (TPSA) is 83.3 Å². The molecule has 0 saturated heterocycles. The van der Waals surface area contributed by atoms with Crippen molar-refractivity contribution in [1.29, 1.82) is 0 Å². The molecule has 0 aromatic carbocycles. The maximum Gasteiger partial charge on any atom is 0.358 e. The second-order valence-corrected chi connectivity index (χ2v) is 5.35. The van der Waals surface area contributed by atoms with Gasteiger partial charge in [-0.1, -0.05) is 5.21 Å². The molecule has 1 heterocycles. The molecule has 1 rings (SSSR count). The van der Waals surface area contributed by atoms with E-state index in [0.29, 0.717) is 18.6 Å². The summed E-state index contributed by atoms with van der Waals surface area (Å²) >= 11 is 0. The summed E-state index contributed by atoms with van der Waals surface area (Å²) in [6.07, 6.45) is 1.44. The van der Waals surface area contributed by atoms with Crippen molar-refractivity contribution in [1.82, 2.24) is 25.2 Å². The van der Waals surface area contributed by atoms with Gasteiger partial charge in [-0.05, 0) is 27.7 Å². The highest BCUT2D eigenvalue weighted by Gasteiger charge is 2.12. The van der Waals surface area contributed by atoms with Crippen LogP contribution in [-0.4, -0.2) is 62.7 Å². The minimum absolute atomic E-state index is 0.0178. The summed E-state index contributed by atoms with van der Waals surface area (Å²) in [7, 11) is 0. The fourth-order valence-corrected chi connectivity index (χ4v) is 2.15. The monoisotopic (exact) mass is 283 g/mol. The predicted molar refractivity (Wildman–Crippen MR) is 76.8 cm³/mol. The molecule has 2 N–H and O–H groups in total. The van der Waals surface area contributed by atoms with Gasteiger partial charge in [0.2, 0.25) is 0 Å². The van der Waals surface area contributed by atoms with Crippen molar-refractivity contribution in [3.63, 3.8) is 0 Å². The highest BCUT2D eigenvalue weighted by atomic mass is 16.4. The lowest BCUT2D eigenvalue weighted by atomic mass is 10.2. The molecular formula is C13H25N5O2. The first-order valence-corrected chi connectivity index (χ1v) is 7.01. The van der Waals surface area contributed by atoms with Gasteiger partial charge >= 0.3 is 5.97 Å². The van der Waals surface area contributed by atoms with Gasteiger partial charge in [0.25, 0.3) is 0 Å². The minimum atomic E-state index is -1.05. The lowest BCUT2D eigenvalue weighted by molar-refractivity contribution is 0.0690. The standard InChI is InChI=1S/C13H25N5O2/c1-10(2)18(11(3)4)8-6-14-5-7-17-9-12(13(19)20)15-16-17/h9-11,14H,5-8H2,1-4H3,(H,19,20). The first-order chi connectivity index (χ1) is 9.41. The van der Waals surface area contributed by atoms with Crippen LogP contribution in [0.5, 0.6) is 0 Å². The van der Waals surface area contributed by atoms with E-state index >= 15 is 0 Å². The van der Waals surface area contributed by atoms with E-state index in [0.717, 1.165) is 19.6 Å². The van der Waals surface area contributed by atoms with Crippen LogP contribution < -0.4 is 5.32 Å². The summed E-state index contributed by atoms with van der Waals surface area (Å²) in [5.74, 6) is -1.05. The fraction of sp³-hybridized carbons (Fsp3) is 0.769. The number of carbonyl (C=O) groups is 1. The molecule has 0 aliphatic rings. The highest BCUT2D eigenvalue weighted by Crippen LogP contribution is 2.03. The van der Waals surface area contributed by atoms with Crippen LogP contribution in [-0.2, 0) is 6.54 Å². The van der Waals surface area contributed by atoms with Crippen molar-refractivity contribution in [3.8, 4) is 0 Å². The van der Waals surface area contributed by atoms with Crippen molar-refractivity contribution >= 4 is 5.97 Å². The zero-order valence-corrected chi connectivity index (χ0v) is 12.7. The fourth-order valence-electron chi connectivity index (χ4n) is 2.15. The molecule has 0 saturated carbocycles. The van der Waals surface area contributed by atoms with Gasteiger partial charge in [-0.2, -0.15) is 0 Å². The van der Waals surface area contributed by atoms with E-state index in [2.05, 4.69) is 48.2 Å². The van der Waals surface area contributed by atoms with Crippen LogP contribution in [0.1, 0.15) is 38.2 Å². The third-order valence-electron chi connectivity index (χ3n) is 3.15. The number of aromatic nitrogens is 3. The molecule has 0 bridgehead atoms. The molecule has 1 aromatic rings. The molecule has 0 atom stereocenters. The predicted octanol–water partition coefficient (Wildman–Crippen LogP) is 0.685. The Morgan fingerprint density at radius 1 is 1.35 bits per heavy atom. The Bertz CT molecular complexity index is 409. The van der Waals surface area contributed by atoms with E-state index in [4.69, 9.17) is 5.11 Å². The van der Waals surface area contributed by atoms with Crippen LogP contribution in [0.4, 0.5) is 0 Å². The highest BCUT2D eigenvalue weighted by molar-refractivity contribution is 5.84. The molecule has 0 aliphatic carbocycles. The van der Waals surface area contributed by atoms with Crippen LogP contribution in [0.3, 0.4) is 0 Å². The summed E-state index contributed by atoms with van der Waals surface area (Å²) in [6, 6.07) is 1.07. The Kier molecular flexibility index (Phi) is 6.60. The second-order valence-electron chi connectivity index (χ2n) is 5.35. The van der Waals surface area contributed by atoms with Gasteiger partial charge in [-0.3, -0.25) is 9.58 Å². The quantitative estimate of drug-likeness (QED) is 0.649. The lowest BCUT2D eigenvalue weighted by Crippen LogP contribution is -2.41. The lowest BCUT2D eigenvalue weighted by Gasteiger charge is -2.30. The van der Waals surface area contributed by atoms with Crippen LogP contribution in [0.2, 0.25) is 0 Å². The first kappa shape index (κ1) is 16.6. The first-order valence-electron chi connectivity index (χ1n) is 7.01. The van der Waals surface area contributed by atoms with Gasteiger partial charge in [-0.25, -0.2) is 4.79 Å². The summed E-state index contributed by atoms with van der Waals surface area (Å²) in [5.41, 5.74) is -0.0178. The number of hydrogen-bond donors (Lipinski definition) is 2. The van der Waals surface area contributed by atoms with E-state index in [1.54, 1.807) is 4.68 Å². The van der Waals surface area contributed by atoms with E-state index in [1.165, 1.54) is 6.20 Å². The van der Waals surface area contributed by atoms with Crippen molar-refractivity contribution < 1.29 is 9.90 Å². The Labute approximate surface area is 120 Å². The van der Waals surface area contributed by atoms with Crippen LogP contribution >= 0.6 is 0 Å². The Morgan fingerprint density at radius 3 is 2.50 bits per heavy atom. The smallest absolute Gasteiger partial charge is 0.358 e. The summed E-state index contributed by atoms with van der Waals surface area (Å²) < 4.78 is 1.54. The van der Waals surface area contributed by atoms with Gasteiger partial charge in [-0.15, -0.1) is 5.10 Å².